The van der Waals surface area contributed by atoms with Crippen LogP contribution in [0.2, 0.25) is 5.02 Å². The molecule has 1 aromatic heterocycles. The summed E-state index contributed by atoms with van der Waals surface area (Å²) >= 11 is 14.6. The smallest absolute Gasteiger partial charge is 0.232 e. The van der Waals surface area contributed by atoms with Gasteiger partial charge in [0.2, 0.25) is 6.41 Å². The topological polar surface area (TPSA) is 83.3 Å². The number of anilines is 2. The second-order valence-electron chi connectivity index (χ2n) is 4.61. The van der Waals surface area contributed by atoms with Crippen molar-refractivity contribution in [3.63, 3.8) is 0 Å². The molecule has 0 saturated heterocycles. The van der Waals surface area contributed by atoms with Crippen molar-refractivity contribution < 1.29 is 9.42 Å². The van der Waals surface area contributed by atoms with Gasteiger partial charge in [0.05, 0.1) is 10.7 Å². The summed E-state index contributed by atoms with van der Waals surface area (Å²) in [4.78, 5) is 11.4. The number of aromatic nitrogens is 2. The molecule has 1 amide bonds. The average Bonchev–Trinajstić information content (AvgIpc) is 3.03. The number of amides is 1. The Balaban J connectivity index is 1.73. The molecule has 0 fully saturated rings. The van der Waals surface area contributed by atoms with Crippen LogP contribution in [-0.4, -0.2) is 21.8 Å². The zero-order valence-electron chi connectivity index (χ0n) is 11.9. The Hall–Kier alpha value is -2.23. The minimum atomic E-state index is 0.221. The predicted molar refractivity (Wildman–Crippen MR) is 98.9 cm³/mol. The lowest BCUT2D eigenvalue weighted by atomic mass is 10.3. The van der Waals surface area contributed by atoms with E-state index in [2.05, 4.69) is 41.6 Å². The molecule has 0 bridgehead atoms. The molecule has 0 atom stereocenters. The maximum Gasteiger partial charge on any atom is 0.232 e. The van der Waals surface area contributed by atoms with Crippen molar-refractivity contribution in [2.75, 3.05) is 10.3 Å². The number of nitrogens with zero attached hydrogens (tertiary/aromatic N) is 3. The molecule has 0 spiro atoms. The fourth-order valence-electron chi connectivity index (χ4n) is 1.91. The number of rotatable bonds is 4. The average molecular weight is 427 g/mol. The van der Waals surface area contributed by atoms with Gasteiger partial charge in [-0.05, 0) is 74.9 Å². The summed E-state index contributed by atoms with van der Waals surface area (Å²) in [6.07, 6.45) is 0.594. The molecule has 0 aliphatic carbocycles. The number of hydrogen-bond donors (Lipinski definition) is 2. The van der Waals surface area contributed by atoms with Gasteiger partial charge >= 0.3 is 0 Å². The van der Waals surface area contributed by atoms with E-state index in [1.807, 2.05) is 0 Å². The van der Waals surface area contributed by atoms with Gasteiger partial charge in [0.1, 0.15) is 11.0 Å². The van der Waals surface area contributed by atoms with Gasteiger partial charge in [-0.3, -0.25) is 10.2 Å². The second-order valence-corrected chi connectivity index (χ2v) is 6.28. The van der Waals surface area contributed by atoms with E-state index < -0.39 is 0 Å². The number of hydrazine groups is 1. The fourth-order valence-corrected chi connectivity index (χ4v) is 2.56. The third kappa shape index (κ3) is 3.64. The van der Waals surface area contributed by atoms with Crippen molar-refractivity contribution in [1.82, 2.24) is 15.7 Å². The number of benzene rings is 2. The number of halogens is 2. The van der Waals surface area contributed by atoms with Gasteiger partial charge in [-0.25, -0.2) is 9.64 Å². The summed E-state index contributed by atoms with van der Waals surface area (Å²) in [5, 5.41) is 12.4. The number of nitrogens with one attached hydrogen (secondary N) is 2. The first-order valence-electron chi connectivity index (χ1n) is 6.56. The molecule has 122 valence electrons. The number of carbonyl (C=O) groups is 1. The second kappa shape index (κ2) is 7.12. The highest BCUT2D eigenvalue weighted by Crippen LogP contribution is 2.25. The van der Waals surface area contributed by atoms with E-state index in [-0.39, 0.29) is 5.11 Å². The van der Waals surface area contributed by atoms with E-state index in [0.29, 0.717) is 33.8 Å². The normalized spacial score (nSPS) is 10.4. The first-order valence-corrected chi connectivity index (χ1v) is 8.14. The van der Waals surface area contributed by atoms with Crippen molar-refractivity contribution >= 4 is 73.7 Å². The Morgan fingerprint density at radius 1 is 1.25 bits per heavy atom. The molecule has 0 saturated carbocycles. The molecule has 3 rings (SSSR count). The zero-order valence-corrected chi connectivity index (χ0v) is 15.0. The molecule has 2 aromatic carbocycles. The summed E-state index contributed by atoms with van der Waals surface area (Å²) in [7, 11) is 0. The van der Waals surface area contributed by atoms with Gasteiger partial charge in [0, 0.05) is 10.2 Å². The van der Waals surface area contributed by atoms with E-state index >= 15 is 0 Å². The van der Waals surface area contributed by atoms with Crippen molar-refractivity contribution in [3.05, 3.63) is 45.9 Å². The molecule has 0 unspecified atom stereocenters. The summed E-state index contributed by atoms with van der Waals surface area (Å²) in [5.41, 5.74) is 5.11. The third-order valence-electron chi connectivity index (χ3n) is 3.02. The first kappa shape index (κ1) is 16.6. The third-order valence-corrected chi connectivity index (χ3v) is 4.45. The zero-order chi connectivity index (χ0) is 17.1. The Labute approximate surface area is 155 Å². The molecular formula is C14H9BrClN5O2S. The molecular weight excluding hydrogens is 418 g/mol. The van der Waals surface area contributed by atoms with Crippen LogP contribution in [0, 0.1) is 0 Å². The van der Waals surface area contributed by atoms with Crippen LogP contribution >= 0.6 is 39.7 Å². The maximum atomic E-state index is 11.4. The minimum Gasteiger partial charge on any atom is -0.331 e. The minimum absolute atomic E-state index is 0.221. The maximum absolute atomic E-state index is 11.4. The largest absolute Gasteiger partial charge is 0.331 e. The quantitative estimate of drug-likeness (QED) is 0.375. The molecule has 1 heterocycles. The van der Waals surface area contributed by atoms with E-state index in [0.717, 1.165) is 4.47 Å². The van der Waals surface area contributed by atoms with Crippen LogP contribution in [0.4, 0.5) is 11.4 Å². The van der Waals surface area contributed by atoms with Crippen molar-refractivity contribution in [2.24, 2.45) is 0 Å². The molecule has 0 radical (unpaired) electrons. The highest BCUT2D eigenvalue weighted by atomic mass is 79.9. The molecule has 24 heavy (non-hydrogen) atoms. The summed E-state index contributed by atoms with van der Waals surface area (Å²) in [5.74, 6) is 0. The summed E-state index contributed by atoms with van der Waals surface area (Å²) in [6.45, 7) is 0. The van der Waals surface area contributed by atoms with Crippen molar-refractivity contribution in [3.8, 4) is 0 Å². The van der Waals surface area contributed by atoms with Crippen LogP contribution in [-0.2, 0) is 4.79 Å². The Morgan fingerprint density at radius 3 is 2.79 bits per heavy atom. The molecule has 0 aliphatic rings. The molecule has 2 N–H and O–H groups in total. The lowest BCUT2D eigenvalue weighted by Gasteiger charge is -2.20. The van der Waals surface area contributed by atoms with Crippen LogP contribution in [0.3, 0.4) is 0 Å². The van der Waals surface area contributed by atoms with Gasteiger partial charge in [-0.1, -0.05) is 11.6 Å². The molecule has 7 nitrogen and oxygen atoms in total. The Kier molecular flexibility index (Phi) is 4.93. The lowest BCUT2D eigenvalue weighted by Crippen LogP contribution is -2.43. The van der Waals surface area contributed by atoms with Crippen LogP contribution in [0.5, 0.6) is 0 Å². The van der Waals surface area contributed by atoms with Crippen LogP contribution in [0.25, 0.3) is 11.0 Å². The summed E-state index contributed by atoms with van der Waals surface area (Å²) < 4.78 is 5.41. The van der Waals surface area contributed by atoms with Gasteiger partial charge in [0.25, 0.3) is 0 Å². The van der Waals surface area contributed by atoms with Crippen molar-refractivity contribution in [1.29, 1.82) is 0 Å². The highest BCUT2D eigenvalue weighted by Gasteiger charge is 2.10. The Morgan fingerprint density at radius 2 is 2.04 bits per heavy atom. The highest BCUT2D eigenvalue weighted by molar-refractivity contribution is 9.10. The lowest BCUT2D eigenvalue weighted by molar-refractivity contribution is -0.107. The van der Waals surface area contributed by atoms with Crippen LogP contribution in [0.15, 0.2) is 45.5 Å². The van der Waals surface area contributed by atoms with Gasteiger partial charge in [-0.15, -0.1) is 0 Å². The van der Waals surface area contributed by atoms with Gasteiger partial charge in [0.15, 0.2) is 5.11 Å². The van der Waals surface area contributed by atoms with Gasteiger partial charge < -0.3 is 5.32 Å². The van der Waals surface area contributed by atoms with E-state index in [1.54, 1.807) is 36.4 Å². The number of hydrogen-bond acceptors (Lipinski definition) is 5. The van der Waals surface area contributed by atoms with Crippen LogP contribution in [0.1, 0.15) is 0 Å². The van der Waals surface area contributed by atoms with Crippen LogP contribution < -0.4 is 15.8 Å². The molecule has 0 aliphatic heterocycles. The molecule has 10 heteroatoms. The SMILES string of the molecule is O=CN(NC(=S)Nc1ccc(Br)c(Cl)c1)c1ccc2nonc2c1. The standard InChI is InChI=1S/C14H9BrClN5O2S/c15-10-3-1-8(5-11(10)16)17-14(24)18-21(7-22)9-2-4-12-13(6-9)20-23-19-12/h1-7H,(H2,17,18,24). The number of carbonyl (C=O) groups excluding carboxylic acids is 1. The monoisotopic (exact) mass is 425 g/mol. The van der Waals surface area contributed by atoms with E-state index in [4.69, 9.17) is 23.8 Å². The number of fused-ring (bicyclic) bond motifs is 1. The van der Waals surface area contributed by atoms with E-state index in [9.17, 15) is 4.79 Å². The number of thiocarbonyl (C=S) groups is 1. The van der Waals surface area contributed by atoms with Crippen molar-refractivity contribution in [2.45, 2.75) is 0 Å². The fraction of sp³-hybridized carbons (Fsp3) is 0. The summed E-state index contributed by atoms with van der Waals surface area (Å²) in [6, 6.07) is 10.3. The molecule has 3 aromatic rings. The predicted octanol–water partition coefficient (Wildman–Crippen LogP) is 3.50. The Bertz CT molecular complexity index is 919. The first-order chi connectivity index (χ1) is 11.6. The van der Waals surface area contributed by atoms with E-state index in [1.165, 1.54) is 5.01 Å². The van der Waals surface area contributed by atoms with Gasteiger partial charge in [-0.2, -0.15) is 0 Å².